The minimum atomic E-state index is -0.268. The normalized spacial score (nSPS) is 44.7. The van der Waals surface area contributed by atoms with Crippen molar-refractivity contribution in [1.82, 2.24) is 0 Å². The molecule has 2 heteroatoms. The van der Waals surface area contributed by atoms with Gasteiger partial charge in [0.05, 0.1) is 0 Å². The van der Waals surface area contributed by atoms with E-state index in [1.54, 1.807) is 6.92 Å². The average Bonchev–Trinajstić information content (AvgIpc) is 2.33. The van der Waals surface area contributed by atoms with Crippen LogP contribution in [-0.2, 0) is 9.53 Å². The third-order valence-electron chi connectivity index (χ3n) is 7.10. The number of ether oxygens (including phenoxy) is 1. The molecule has 0 aromatic heterocycles. The van der Waals surface area contributed by atoms with Crippen molar-refractivity contribution in [1.29, 1.82) is 0 Å². The predicted octanol–water partition coefficient (Wildman–Crippen LogP) is 4.74. The van der Waals surface area contributed by atoms with E-state index in [0.717, 1.165) is 24.7 Å². The molecule has 0 saturated heterocycles. The van der Waals surface area contributed by atoms with Crippen LogP contribution >= 0.6 is 0 Å². The van der Waals surface area contributed by atoms with Crippen LogP contribution in [0.15, 0.2) is 12.2 Å². The van der Waals surface area contributed by atoms with Gasteiger partial charge in [-0.1, -0.05) is 34.3 Å². The first-order chi connectivity index (χ1) is 9.59. The zero-order valence-electron chi connectivity index (χ0n) is 14.3. The van der Waals surface area contributed by atoms with E-state index in [0.29, 0.717) is 11.5 Å². The molecule has 0 amide bonds. The van der Waals surface area contributed by atoms with E-state index in [2.05, 4.69) is 34.3 Å². The van der Waals surface area contributed by atoms with Gasteiger partial charge in [0.25, 0.3) is 0 Å². The van der Waals surface area contributed by atoms with E-state index in [9.17, 15) is 4.79 Å². The molecule has 4 rings (SSSR count). The van der Waals surface area contributed by atoms with Crippen LogP contribution in [0.3, 0.4) is 0 Å². The van der Waals surface area contributed by atoms with Gasteiger partial charge in [-0.25, -0.2) is 4.79 Å². The number of hydrogen-bond acceptors (Lipinski definition) is 2. The maximum atomic E-state index is 12.3. The molecule has 0 radical (unpaired) electrons. The van der Waals surface area contributed by atoms with Crippen LogP contribution in [0.1, 0.15) is 66.7 Å². The Balaban J connectivity index is 2.05. The van der Waals surface area contributed by atoms with Crippen molar-refractivity contribution in [2.75, 3.05) is 0 Å². The van der Waals surface area contributed by atoms with Gasteiger partial charge in [0.1, 0.15) is 5.60 Å². The first kappa shape index (κ1) is 15.1. The molecule has 0 spiro atoms. The smallest absolute Gasteiger partial charge is 0.333 e. The Bertz CT molecular complexity index is 470. The average molecular weight is 290 g/mol. The van der Waals surface area contributed by atoms with Gasteiger partial charge in [-0.05, 0) is 62.2 Å². The van der Waals surface area contributed by atoms with Crippen molar-refractivity contribution in [3.8, 4) is 0 Å². The summed E-state index contributed by atoms with van der Waals surface area (Å²) in [7, 11) is 0. The summed E-state index contributed by atoms with van der Waals surface area (Å²) in [5.41, 5.74) is 0.469. The lowest BCUT2D eigenvalue weighted by molar-refractivity contribution is -0.266. The Morgan fingerprint density at radius 2 is 1.67 bits per heavy atom. The summed E-state index contributed by atoms with van der Waals surface area (Å²) < 4.78 is 6.22. The van der Waals surface area contributed by atoms with E-state index in [4.69, 9.17) is 4.74 Å². The van der Waals surface area contributed by atoms with Crippen molar-refractivity contribution in [2.24, 2.45) is 28.6 Å². The summed E-state index contributed by atoms with van der Waals surface area (Å²) in [6, 6.07) is 0. The van der Waals surface area contributed by atoms with Crippen LogP contribution in [0.25, 0.3) is 0 Å². The van der Waals surface area contributed by atoms with Crippen LogP contribution in [0.2, 0.25) is 0 Å². The fourth-order valence-electron chi connectivity index (χ4n) is 5.93. The third-order valence-corrected chi connectivity index (χ3v) is 7.10. The lowest BCUT2D eigenvalue weighted by atomic mass is 9.38. The summed E-state index contributed by atoms with van der Waals surface area (Å²) >= 11 is 0. The molecule has 3 unspecified atom stereocenters. The van der Waals surface area contributed by atoms with Gasteiger partial charge in [-0.2, -0.15) is 0 Å². The van der Waals surface area contributed by atoms with Crippen LogP contribution in [0, 0.1) is 28.6 Å². The molecule has 4 aliphatic rings. The number of carbonyl (C=O) groups excluding carboxylic acids is 1. The van der Waals surface area contributed by atoms with Crippen molar-refractivity contribution >= 4 is 5.97 Å². The number of esters is 1. The van der Waals surface area contributed by atoms with E-state index in [1.807, 2.05) is 0 Å². The summed E-state index contributed by atoms with van der Waals surface area (Å²) in [6.07, 6.45) is 6.13. The molecular weight excluding hydrogens is 260 g/mol. The van der Waals surface area contributed by atoms with Crippen molar-refractivity contribution in [3.63, 3.8) is 0 Å². The summed E-state index contributed by atoms with van der Waals surface area (Å²) in [4.78, 5) is 12.3. The predicted molar refractivity (Wildman–Crippen MR) is 84.8 cm³/mol. The molecule has 0 aromatic carbocycles. The maximum absolute atomic E-state index is 12.3. The number of hydrogen-bond donors (Lipinski definition) is 0. The molecule has 118 valence electrons. The Morgan fingerprint density at radius 3 is 2.10 bits per heavy atom. The minimum absolute atomic E-state index is 0.0680. The second kappa shape index (κ2) is 4.36. The lowest BCUT2D eigenvalue weighted by Gasteiger charge is -2.69. The highest BCUT2D eigenvalue weighted by Gasteiger charge is 2.68. The minimum Gasteiger partial charge on any atom is -0.455 e. The quantitative estimate of drug-likeness (QED) is 0.542. The number of carbonyl (C=O) groups is 1. The van der Waals surface area contributed by atoms with Gasteiger partial charge in [-0.15, -0.1) is 0 Å². The third kappa shape index (κ3) is 1.94. The summed E-state index contributed by atoms with van der Waals surface area (Å²) in [6.45, 7) is 14.9. The molecule has 21 heavy (non-hydrogen) atoms. The maximum Gasteiger partial charge on any atom is 0.333 e. The van der Waals surface area contributed by atoms with Crippen LogP contribution < -0.4 is 0 Å². The highest BCUT2D eigenvalue weighted by Crippen LogP contribution is 2.70. The lowest BCUT2D eigenvalue weighted by Crippen LogP contribution is -2.68. The molecule has 4 aliphatic carbocycles. The SMILES string of the molecule is C=C(C)C(=O)OC12CC3CC(CC(C3)C1(C)C(C)(C)C)C2. The van der Waals surface area contributed by atoms with Crippen LogP contribution in [-0.4, -0.2) is 11.6 Å². The van der Waals surface area contributed by atoms with Gasteiger partial charge < -0.3 is 4.74 Å². The molecule has 4 fully saturated rings. The Morgan fingerprint density at radius 1 is 1.14 bits per heavy atom. The van der Waals surface area contributed by atoms with Crippen molar-refractivity contribution in [2.45, 2.75) is 72.3 Å². The van der Waals surface area contributed by atoms with Gasteiger partial charge >= 0.3 is 5.97 Å². The molecule has 3 atom stereocenters. The molecule has 0 heterocycles. The summed E-state index contributed by atoms with van der Waals surface area (Å²) in [5.74, 6) is 2.03. The zero-order valence-corrected chi connectivity index (χ0v) is 14.3. The van der Waals surface area contributed by atoms with Gasteiger partial charge in [0.2, 0.25) is 0 Å². The van der Waals surface area contributed by atoms with Gasteiger partial charge in [0.15, 0.2) is 0 Å². The zero-order chi connectivity index (χ0) is 15.6. The van der Waals surface area contributed by atoms with Gasteiger partial charge in [0, 0.05) is 11.0 Å². The monoisotopic (exact) mass is 290 g/mol. The van der Waals surface area contributed by atoms with E-state index in [-0.39, 0.29) is 22.4 Å². The highest BCUT2D eigenvalue weighted by molar-refractivity contribution is 5.87. The summed E-state index contributed by atoms with van der Waals surface area (Å²) in [5, 5.41) is 0. The van der Waals surface area contributed by atoms with E-state index < -0.39 is 0 Å². The Labute approximate surface area is 129 Å². The Kier molecular flexibility index (Phi) is 3.14. The second-order valence-corrected chi connectivity index (χ2v) is 9.16. The largest absolute Gasteiger partial charge is 0.455 e. The standard InChI is InChI=1S/C19H30O2/c1-12(2)16(20)21-19-10-13-7-14(11-19)9-15(8-13)18(19,6)17(3,4)5/h13-15H,1,7-11H2,2-6H3. The molecule has 4 saturated carbocycles. The number of rotatable bonds is 2. The topological polar surface area (TPSA) is 26.3 Å². The fourth-order valence-corrected chi connectivity index (χ4v) is 5.93. The van der Waals surface area contributed by atoms with Crippen LogP contribution in [0.5, 0.6) is 0 Å². The Hall–Kier alpha value is -0.790. The second-order valence-electron chi connectivity index (χ2n) is 9.16. The van der Waals surface area contributed by atoms with Crippen molar-refractivity contribution in [3.05, 3.63) is 12.2 Å². The van der Waals surface area contributed by atoms with Gasteiger partial charge in [-0.3, -0.25) is 0 Å². The van der Waals surface area contributed by atoms with E-state index in [1.165, 1.54) is 19.3 Å². The van der Waals surface area contributed by atoms with E-state index >= 15 is 0 Å². The molecule has 4 bridgehead atoms. The molecule has 0 aliphatic heterocycles. The fraction of sp³-hybridized carbons (Fsp3) is 0.842. The van der Waals surface area contributed by atoms with Crippen molar-refractivity contribution < 1.29 is 9.53 Å². The molecule has 0 N–H and O–H groups in total. The first-order valence-electron chi connectivity index (χ1n) is 8.48. The molecule has 2 nitrogen and oxygen atoms in total. The molecular formula is C19H30O2. The van der Waals surface area contributed by atoms with Crippen LogP contribution in [0.4, 0.5) is 0 Å². The molecule has 0 aromatic rings. The highest BCUT2D eigenvalue weighted by atomic mass is 16.6. The first-order valence-corrected chi connectivity index (χ1v) is 8.48.